The molecule has 3 aromatic rings. The number of carbonyl (C=O) groups excluding carboxylic acids is 1. The molecular formula is C23H25N3O5S. The van der Waals surface area contributed by atoms with Crippen molar-refractivity contribution in [1.29, 1.82) is 0 Å². The highest BCUT2D eigenvalue weighted by molar-refractivity contribution is 7.89. The number of hydrogen-bond acceptors (Lipinski definition) is 6. The molecule has 0 spiro atoms. The predicted molar refractivity (Wildman–Crippen MR) is 123 cm³/mol. The van der Waals surface area contributed by atoms with Gasteiger partial charge in [0.1, 0.15) is 22.0 Å². The maximum atomic E-state index is 13.0. The number of ether oxygens (including phenoxy) is 1. The number of aryl methyl sites for hydroxylation is 2. The Morgan fingerprint density at radius 2 is 1.84 bits per heavy atom. The lowest BCUT2D eigenvalue weighted by Crippen LogP contribution is -2.23. The first-order chi connectivity index (χ1) is 15.2. The molecule has 32 heavy (non-hydrogen) atoms. The second kappa shape index (κ2) is 9.80. The van der Waals surface area contributed by atoms with Crippen molar-refractivity contribution in [3.8, 4) is 5.75 Å². The average Bonchev–Trinajstić information content (AvgIpc) is 3.10. The SMILES string of the molecule is COc1ccc(/C=C\c2onc(C)c2NC(C)=O)cc1S(=O)(=O)NCc1ccc(C)cc1. The number of rotatable bonds is 8. The molecule has 0 saturated carbocycles. The van der Waals surface area contributed by atoms with Gasteiger partial charge in [-0.3, -0.25) is 4.79 Å². The van der Waals surface area contributed by atoms with Crippen molar-refractivity contribution in [3.63, 3.8) is 0 Å². The van der Waals surface area contributed by atoms with Crippen LogP contribution in [0.25, 0.3) is 12.2 Å². The molecule has 2 aromatic carbocycles. The molecule has 1 aromatic heterocycles. The van der Waals surface area contributed by atoms with Crippen LogP contribution in [0.3, 0.4) is 0 Å². The summed E-state index contributed by atoms with van der Waals surface area (Å²) in [5.74, 6) is 0.340. The highest BCUT2D eigenvalue weighted by Crippen LogP contribution is 2.27. The van der Waals surface area contributed by atoms with Crippen molar-refractivity contribution in [2.24, 2.45) is 0 Å². The molecule has 0 bridgehead atoms. The van der Waals surface area contributed by atoms with Crippen molar-refractivity contribution in [2.75, 3.05) is 12.4 Å². The molecule has 8 nitrogen and oxygen atoms in total. The number of nitrogens with zero attached hydrogens (tertiary/aromatic N) is 1. The van der Waals surface area contributed by atoms with Crippen LogP contribution in [0.15, 0.2) is 51.9 Å². The zero-order valence-electron chi connectivity index (χ0n) is 18.3. The molecule has 0 aliphatic heterocycles. The number of sulfonamides is 1. The molecule has 0 atom stereocenters. The summed E-state index contributed by atoms with van der Waals surface area (Å²) in [6.07, 6.45) is 3.28. The summed E-state index contributed by atoms with van der Waals surface area (Å²) in [6.45, 7) is 5.23. The summed E-state index contributed by atoms with van der Waals surface area (Å²) in [6, 6.07) is 12.4. The van der Waals surface area contributed by atoms with Crippen molar-refractivity contribution < 1.29 is 22.5 Å². The average molecular weight is 456 g/mol. The molecule has 0 radical (unpaired) electrons. The second-order valence-corrected chi connectivity index (χ2v) is 8.98. The van der Waals surface area contributed by atoms with E-state index in [2.05, 4.69) is 15.2 Å². The Kier molecular flexibility index (Phi) is 7.12. The quantitative estimate of drug-likeness (QED) is 0.533. The first-order valence-electron chi connectivity index (χ1n) is 9.85. The Labute approximate surface area is 187 Å². The van der Waals surface area contributed by atoms with Gasteiger partial charge in [0.15, 0.2) is 5.76 Å². The number of nitrogens with one attached hydrogen (secondary N) is 2. The highest BCUT2D eigenvalue weighted by atomic mass is 32.2. The van der Waals surface area contributed by atoms with Crippen molar-refractivity contribution in [2.45, 2.75) is 32.2 Å². The summed E-state index contributed by atoms with van der Waals surface area (Å²) >= 11 is 0. The van der Waals surface area contributed by atoms with Crippen LogP contribution in [-0.4, -0.2) is 26.6 Å². The standard InChI is InChI=1S/C23H25N3O5S/c1-15-5-7-19(8-6-15)14-24-32(28,29)22-13-18(9-11-20(22)30-4)10-12-21-23(25-17(3)27)16(2)26-31-21/h5-13,24H,14H2,1-4H3,(H,25,27)/b12-10-. The molecule has 0 fully saturated rings. The minimum absolute atomic E-state index is 0.0186. The van der Waals surface area contributed by atoms with E-state index in [-0.39, 0.29) is 23.1 Å². The lowest BCUT2D eigenvalue weighted by atomic mass is 10.2. The van der Waals surface area contributed by atoms with Gasteiger partial charge in [-0.05, 0) is 43.2 Å². The van der Waals surface area contributed by atoms with Gasteiger partial charge in [0.25, 0.3) is 0 Å². The topological polar surface area (TPSA) is 111 Å². The van der Waals surface area contributed by atoms with Crippen LogP contribution in [0.4, 0.5) is 5.69 Å². The first kappa shape index (κ1) is 23.2. The fourth-order valence-corrected chi connectivity index (χ4v) is 4.19. The zero-order chi connectivity index (χ0) is 23.3. The zero-order valence-corrected chi connectivity index (χ0v) is 19.1. The normalized spacial score (nSPS) is 11.6. The Hall–Kier alpha value is -3.43. The van der Waals surface area contributed by atoms with E-state index in [4.69, 9.17) is 9.26 Å². The minimum atomic E-state index is -3.84. The summed E-state index contributed by atoms with van der Waals surface area (Å²) < 4.78 is 39.1. The summed E-state index contributed by atoms with van der Waals surface area (Å²) in [5.41, 5.74) is 3.55. The Bertz CT molecular complexity index is 1250. The van der Waals surface area contributed by atoms with Crippen LogP contribution in [0.5, 0.6) is 5.75 Å². The third-order valence-electron chi connectivity index (χ3n) is 4.68. The number of aromatic nitrogens is 1. The number of anilines is 1. The van der Waals surface area contributed by atoms with E-state index in [1.807, 2.05) is 31.2 Å². The maximum absolute atomic E-state index is 13.0. The van der Waals surface area contributed by atoms with E-state index >= 15 is 0 Å². The fourth-order valence-electron chi connectivity index (χ4n) is 2.97. The lowest BCUT2D eigenvalue weighted by Gasteiger charge is -2.12. The summed E-state index contributed by atoms with van der Waals surface area (Å²) in [4.78, 5) is 11.4. The minimum Gasteiger partial charge on any atom is -0.495 e. The van der Waals surface area contributed by atoms with Crippen LogP contribution in [0.2, 0.25) is 0 Å². The molecule has 2 N–H and O–H groups in total. The van der Waals surface area contributed by atoms with Gasteiger partial charge in [0, 0.05) is 13.5 Å². The Morgan fingerprint density at radius 3 is 2.50 bits per heavy atom. The van der Waals surface area contributed by atoms with Crippen LogP contribution in [0, 0.1) is 13.8 Å². The number of benzene rings is 2. The van der Waals surface area contributed by atoms with Gasteiger partial charge < -0.3 is 14.6 Å². The molecule has 0 saturated heterocycles. The van der Waals surface area contributed by atoms with Gasteiger partial charge in [-0.2, -0.15) is 0 Å². The van der Waals surface area contributed by atoms with Crippen LogP contribution in [0.1, 0.15) is 35.1 Å². The summed E-state index contributed by atoms with van der Waals surface area (Å²) in [5, 5.41) is 6.53. The predicted octanol–water partition coefficient (Wildman–Crippen LogP) is 3.91. The van der Waals surface area contributed by atoms with Gasteiger partial charge in [0.05, 0.1) is 7.11 Å². The second-order valence-electron chi connectivity index (χ2n) is 7.24. The van der Waals surface area contributed by atoms with Crippen molar-refractivity contribution >= 4 is 33.8 Å². The molecule has 9 heteroatoms. The maximum Gasteiger partial charge on any atom is 0.244 e. The van der Waals surface area contributed by atoms with Gasteiger partial charge in [-0.1, -0.05) is 47.1 Å². The van der Waals surface area contributed by atoms with Gasteiger partial charge in [0.2, 0.25) is 15.9 Å². The van der Waals surface area contributed by atoms with Crippen LogP contribution >= 0.6 is 0 Å². The van der Waals surface area contributed by atoms with E-state index in [1.54, 1.807) is 31.2 Å². The fraction of sp³-hybridized carbons (Fsp3) is 0.217. The van der Waals surface area contributed by atoms with Crippen LogP contribution < -0.4 is 14.8 Å². The first-order valence-corrected chi connectivity index (χ1v) is 11.3. The van der Waals surface area contributed by atoms with E-state index < -0.39 is 10.0 Å². The highest BCUT2D eigenvalue weighted by Gasteiger charge is 2.20. The molecular weight excluding hydrogens is 430 g/mol. The third-order valence-corrected chi connectivity index (χ3v) is 6.10. The third kappa shape index (κ3) is 5.63. The van der Waals surface area contributed by atoms with E-state index in [9.17, 15) is 13.2 Å². The van der Waals surface area contributed by atoms with Crippen LogP contribution in [-0.2, 0) is 21.4 Å². The molecule has 3 rings (SSSR count). The van der Waals surface area contributed by atoms with Gasteiger partial charge >= 0.3 is 0 Å². The number of carbonyl (C=O) groups is 1. The van der Waals surface area contributed by atoms with E-state index in [0.717, 1.165) is 11.1 Å². The van der Waals surface area contributed by atoms with Gasteiger partial charge in [-0.25, -0.2) is 13.1 Å². The molecule has 0 aliphatic carbocycles. The van der Waals surface area contributed by atoms with Crippen molar-refractivity contribution in [3.05, 3.63) is 70.6 Å². The molecule has 0 unspecified atom stereocenters. The van der Waals surface area contributed by atoms with Crippen molar-refractivity contribution in [1.82, 2.24) is 9.88 Å². The van der Waals surface area contributed by atoms with E-state index in [1.165, 1.54) is 20.1 Å². The molecule has 0 aliphatic rings. The molecule has 168 valence electrons. The number of amides is 1. The number of hydrogen-bond donors (Lipinski definition) is 2. The summed E-state index contributed by atoms with van der Waals surface area (Å²) in [7, 11) is -2.42. The monoisotopic (exact) mass is 455 g/mol. The lowest BCUT2D eigenvalue weighted by molar-refractivity contribution is -0.114. The van der Waals surface area contributed by atoms with E-state index in [0.29, 0.717) is 22.7 Å². The van der Waals surface area contributed by atoms with Gasteiger partial charge in [-0.15, -0.1) is 0 Å². The Balaban J connectivity index is 1.86. The smallest absolute Gasteiger partial charge is 0.244 e. The largest absolute Gasteiger partial charge is 0.495 e. The molecule has 1 amide bonds. The molecule has 1 heterocycles. The Morgan fingerprint density at radius 1 is 1.12 bits per heavy atom. The number of methoxy groups -OCH3 is 1.